The van der Waals surface area contributed by atoms with Crippen molar-refractivity contribution in [3.05, 3.63) is 57.0 Å². The lowest BCUT2D eigenvalue weighted by Crippen LogP contribution is -2.25. The molecule has 2 heterocycles. The van der Waals surface area contributed by atoms with Crippen LogP contribution in [0, 0.1) is 6.92 Å². The van der Waals surface area contributed by atoms with Crippen LogP contribution in [0.4, 0.5) is 0 Å². The first-order valence-corrected chi connectivity index (χ1v) is 11.0. The van der Waals surface area contributed by atoms with Gasteiger partial charge >= 0.3 is 0 Å². The van der Waals surface area contributed by atoms with Crippen LogP contribution < -0.4 is 16.0 Å². The standard InChI is InChI=1S/C18H20N4O4S2/c1-3-22-10-21-17-14(18(22)24)11(2)15(27-17)16(23)20-9-8-12-4-6-13(7-5-12)28(19,25)26/h4-7,10H,3,8-9H2,1-2H3,(H,20,23)(H2,19,25,26). The molecular weight excluding hydrogens is 400 g/mol. The van der Waals surface area contributed by atoms with Crippen LogP contribution in [0.5, 0.6) is 0 Å². The number of aryl methyl sites for hydroxylation is 2. The van der Waals surface area contributed by atoms with Gasteiger partial charge in [0, 0.05) is 13.1 Å². The van der Waals surface area contributed by atoms with Crippen molar-refractivity contribution in [2.24, 2.45) is 5.14 Å². The van der Waals surface area contributed by atoms with Crippen molar-refractivity contribution in [2.45, 2.75) is 31.7 Å². The van der Waals surface area contributed by atoms with E-state index in [2.05, 4.69) is 10.3 Å². The molecule has 3 rings (SSSR count). The second-order valence-corrected chi connectivity index (χ2v) is 8.83. The molecule has 8 nitrogen and oxygen atoms in total. The van der Waals surface area contributed by atoms with Gasteiger partial charge in [0.05, 0.1) is 21.5 Å². The van der Waals surface area contributed by atoms with E-state index in [-0.39, 0.29) is 16.4 Å². The van der Waals surface area contributed by atoms with Crippen molar-refractivity contribution < 1.29 is 13.2 Å². The summed E-state index contributed by atoms with van der Waals surface area (Å²) in [5.74, 6) is -0.260. The molecule has 0 aliphatic carbocycles. The quantitative estimate of drug-likeness (QED) is 0.624. The molecule has 0 fully saturated rings. The molecule has 0 unspecified atom stereocenters. The number of hydrogen-bond acceptors (Lipinski definition) is 6. The highest BCUT2D eigenvalue weighted by molar-refractivity contribution is 7.89. The lowest BCUT2D eigenvalue weighted by atomic mass is 10.1. The average molecular weight is 421 g/mol. The number of nitrogens with zero attached hydrogens (tertiary/aromatic N) is 2. The van der Waals surface area contributed by atoms with Gasteiger partial charge < -0.3 is 5.32 Å². The maximum atomic E-state index is 12.5. The highest BCUT2D eigenvalue weighted by Crippen LogP contribution is 2.26. The van der Waals surface area contributed by atoms with E-state index in [4.69, 9.17) is 5.14 Å². The molecule has 1 aromatic carbocycles. The zero-order chi connectivity index (χ0) is 20.5. The lowest BCUT2D eigenvalue weighted by Gasteiger charge is -2.06. The zero-order valence-corrected chi connectivity index (χ0v) is 17.1. The third-order valence-corrected chi connectivity index (χ3v) is 6.54. The number of rotatable bonds is 6. The van der Waals surface area contributed by atoms with E-state index in [0.717, 1.165) is 5.56 Å². The maximum Gasteiger partial charge on any atom is 0.262 e. The molecule has 0 spiro atoms. The van der Waals surface area contributed by atoms with Gasteiger partial charge in [0.15, 0.2) is 0 Å². The van der Waals surface area contributed by atoms with Crippen molar-refractivity contribution in [3.63, 3.8) is 0 Å². The second kappa shape index (κ2) is 7.82. The number of fused-ring (bicyclic) bond motifs is 1. The van der Waals surface area contributed by atoms with Gasteiger partial charge in [-0.1, -0.05) is 12.1 Å². The summed E-state index contributed by atoms with van der Waals surface area (Å²) in [5, 5.41) is 8.39. The van der Waals surface area contributed by atoms with E-state index in [0.29, 0.717) is 40.2 Å². The van der Waals surface area contributed by atoms with Crippen LogP contribution in [0.15, 0.2) is 40.3 Å². The summed E-state index contributed by atoms with van der Waals surface area (Å²) in [5.41, 5.74) is 1.36. The Balaban J connectivity index is 1.71. The number of thiophene rings is 1. The fourth-order valence-corrected chi connectivity index (χ4v) is 4.42. The number of benzene rings is 1. The largest absolute Gasteiger partial charge is 0.351 e. The Morgan fingerprint density at radius 2 is 1.96 bits per heavy atom. The Morgan fingerprint density at radius 1 is 1.29 bits per heavy atom. The number of aromatic nitrogens is 2. The van der Waals surface area contributed by atoms with Gasteiger partial charge in [-0.05, 0) is 43.5 Å². The number of hydrogen-bond donors (Lipinski definition) is 2. The fraction of sp³-hybridized carbons (Fsp3) is 0.278. The summed E-state index contributed by atoms with van der Waals surface area (Å²) in [6.45, 7) is 4.50. The molecule has 10 heteroatoms. The van der Waals surface area contributed by atoms with Crippen molar-refractivity contribution in [3.8, 4) is 0 Å². The van der Waals surface area contributed by atoms with Crippen LogP contribution in [0.2, 0.25) is 0 Å². The summed E-state index contributed by atoms with van der Waals surface area (Å²) >= 11 is 1.20. The van der Waals surface area contributed by atoms with E-state index in [1.807, 2.05) is 6.92 Å². The Kier molecular flexibility index (Phi) is 5.64. The Morgan fingerprint density at radius 3 is 2.57 bits per heavy atom. The molecule has 148 valence electrons. The molecule has 3 aromatic rings. The van der Waals surface area contributed by atoms with Gasteiger partial charge in [0.25, 0.3) is 11.5 Å². The number of amides is 1. The zero-order valence-electron chi connectivity index (χ0n) is 15.4. The van der Waals surface area contributed by atoms with Crippen LogP contribution in [0.1, 0.15) is 27.7 Å². The van der Waals surface area contributed by atoms with Gasteiger partial charge in [0.1, 0.15) is 4.83 Å². The SMILES string of the molecule is CCn1cnc2sc(C(=O)NCCc3ccc(S(N)(=O)=O)cc3)c(C)c2c1=O. The predicted octanol–water partition coefficient (Wildman–Crippen LogP) is 1.41. The van der Waals surface area contributed by atoms with Gasteiger partial charge in [-0.2, -0.15) is 0 Å². The van der Waals surface area contributed by atoms with E-state index >= 15 is 0 Å². The lowest BCUT2D eigenvalue weighted by molar-refractivity contribution is 0.0957. The first kappa shape index (κ1) is 20.2. The van der Waals surface area contributed by atoms with Crippen LogP contribution in [0.3, 0.4) is 0 Å². The first-order chi connectivity index (χ1) is 13.2. The molecule has 1 amide bonds. The number of sulfonamides is 1. The van der Waals surface area contributed by atoms with Gasteiger partial charge in [-0.25, -0.2) is 18.5 Å². The normalized spacial score (nSPS) is 11.7. The molecule has 0 saturated heterocycles. The minimum absolute atomic E-state index is 0.0476. The topological polar surface area (TPSA) is 124 Å². The van der Waals surface area contributed by atoms with Crippen LogP contribution in [-0.2, 0) is 23.0 Å². The molecule has 0 atom stereocenters. The predicted molar refractivity (Wildman–Crippen MR) is 108 cm³/mol. The van der Waals surface area contributed by atoms with Crippen LogP contribution in [-0.4, -0.2) is 30.4 Å². The Bertz CT molecular complexity index is 1190. The number of nitrogens with two attached hydrogens (primary N) is 1. The summed E-state index contributed by atoms with van der Waals surface area (Å²) in [4.78, 5) is 30.3. The smallest absolute Gasteiger partial charge is 0.262 e. The van der Waals surface area contributed by atoms with Gasteiger partial charge in [0.2, 0.25) is 10.0 Å². The third kappa shape index (κ3) is 3.98. The highest BCUT2D eigenvalue weighted by Gasteiger charge is 2.19. The van der Waals surface area contributed by atoms with Crippen molar-refractivity contribution in [1.29, 1.82) is 0 Å². The number of nitrogens with one attached hydrogen (secondary N) is 1. The highest BCUT2D eigenvalue weighted by atomic mass is 32.2. The van der Waals surface area contributed by atoms with Crippen molar-refractivity contribution in [1.82, 2.24) is 14.9 Å². The van der Waals surface area contributed by atoms with Gasteiger partial charge in [-0.3, -0.25) is 14.2 Å². The molecule has 28 heavy (non-hydrogen) atoms. The Labute approximate surface area is 166 Å². The van der Waals surface area contributed by atoms with E-state index < -0.39 is 10.0 Å². The molecule has 0 radical (unpaired) electrons. The first-order valence-electron chi connectivity index (χ1n) is 8.61. The summed E-state index contributed by atoms with van der Waals surface area (Å²) in [6, 6.07) is 6.20. The van der Waals surface area contributed by atoms with E-state index in [1.54, 1.807) is 19.1 Å². The number of carbonyl (C=O) groups excluding carboxylic acids is 1. The van der Waals surface area contributed by atoms with E-state index in [1.165, 1.54) is 34.4 Å². The van der Waals surface area contributed by atoms with Crippen molar-refractivity contribution in [2.75, 3.05) is 6.54 Å². The molecule has 0 aliphatic rings. The minimum atomic E-state index is -3.72. The molecule has 0 bridgehead atoms. The molecule has 3 N–H and O–H groups in total. The fourth-order valence-electron chi connectivity index (χ4n) is 2.85. The monoisotopic (exact) mass is 420 g/mol. The third-order valence-electron chi connectivity index (χ3n) is 4.42. The summed E-state index contributed by atoms with van der Waals surface area (Å²) in [7, 11) is -3.72. The minimum Gasteiger partial charge on any atom is -0.351 e. The van der Waals surface area contributed by atoms with Crippen LogP contribution in [0.25, 0.3) is 10.2 Å². The van der Waals surface area contributed by atoms with E-state index in [9.17, 15) is 18.0 Å². The second-order valence-electron chi connectivity index (χ2n) is 6.27. The molecule has 0 aliphatic heterocycles. The van der Waals surface area contributed by atoms with Gasteiger partial charge in [-0.15, -0.1) is 11.3 Å². The Hall–Kier alpha value is -2.56. The average Bonchev–Trinajstić information content (AvgIpc) is 2.99. The molecular formula is C18H20N4O4S2. The number of carbonyl (C=O) groups is 1. The molecule has 0 saturated carbocycles. The maximum absolute atomic E-state index is 12.5. The van der Waals surface area contributed by atoms with Crippen LogP contribution >= 0.6 is 11.3 Å². The summed E-state index contributed by atoms with van der Waals surface area (Å²) in [6.07, 6.45) is 2.02. The number of primary sulfonamides is 1. The molecule has 2 aromatic heterocycles. The summed E-state index contributed by atoms with van der Waals surface area (Å²) < 4.78 is 24.0. The van der Waals surface area contributed by atoms with Crippen molar-refractivity contribution >= 4 is 37.5 Å².